The summed E-state index contributed by atoms with van der Waals surface area (Å²) in [5.41, 5.74) is 2.19. The second-order valence-corrected chi connectivity index (χ2v) is 5.38. The van der Waals surface area contributed by atoms with E-state index >= 15 is 0 Å². The zero-order valence-corrected chi connectivity index (χ0v) is 11.7. The highest BCUT2D eigenvalue weighted by Gasteiger charge is 2.23. The van der Waals surface area contributed by atoms with Crippen LogP contribution in [-0.4, -0.2) is 22.8 Å². The number of aromatic hydroxyl groups is 1. The monoisotopic (exact) mass is 276 g/mol. The number of rotatable bonds is 3. The lowest BCUT2D eigenvalue weighted by Gasteiger charge is -2.24. The molecule has 5 nitrogen and oxygen atoms in total. The van der Waals surface area contributed by atoms with Crippen LogP contribution in [0.1, 0.15) is 37.8 Å². The van der Waals surface area contributed by atoms with Gasteiger partial charge in [0.1, 0.15) is 5.75 Å². The standard InChI is InChI=1S/C15H20N2O3/c1-2-3-11-12(18)4-5-13-14(11)17(15(19)20-13)10-6-8-16-9-7-10/h4-5,10,16,18H,2-3,6-9H2,1H3. The maximum absolute atomic E-state index is 12.2. The van der Waals surface area contributed by atoms with Gasteiger partial charge in [-0.05, 0) is 44.5 Å². The first-order chi connectivity index (χ1) is 9.72. The van der Waals surface area contributed by atoms with Gasteiger partial charge in [-0.1, -0.05) is 13.3 Å². The number of oxazole rings is 1. The fraction of sp³-hybridized carbons (Fsp3) is 0.533. The van der Waals surface area contributed by atoms with Gasteiger partial charge in [0.15, 0.2) is 5.58 Å². The maximum Gasteiger partial charge on any atom is 0.420 e. The lowest BCUT2D eigenvalue weighted by Crippen LogP contribution is -2.32. The molecule has 0 saturated carbocycles. The van der Waals surface area contributed by atoms with Gasteiger partial charge in [-0.25, -0.2) is 4.79 Å². The van der Waals surface area contributed by atoms with Crippen LogP contribution < -0.4 is 11.1 Å². The number of phenols is 1. The molecule has 1 fully saturated rings. The van der Waals surface area contributed by atoms with E-state index in [9.17, 15) is 9.90 Å². The number of hydrogen-bond acceptors (Lipinski definition) is 4. The molecule has 0 aliphatic carbocycles. The number of phenolic OH excluding ortho intramolecular Hbond substituents is 1. The SMILES string of the molecule is CCCc1c(O)ccc2oc(=O)n(C3CCNCC3)c12. The largest absolute Gasteiger partial charge is 0.508 e. The van der Waals surface area contributed by atoms with E-state index in [0.717, 1.165) is 49.9 Å². The molecule has 3 rings (SSSR count). The molecule has 2 N–H and O–H groups in total. The minimum Gasteiger partial charge on any atom is -0.508 e. The molecule has 1 aliphatic heterocycles. The summed E-state index contributed by atoms with van der Waals surface area (Å²) in [6.07, 6.45) is 3.48. The number of aryl methyl sites for hydroxylation is 1. The Kier molecular flexibility index (Phi) is 3.53. The summed E-state index contributed by atoms with van der Waals surface area (Å²) in [4.78, 5) is 12.2. The van der Waals surface area contributed by atoms with Gasteiger partial charge < -0.3 is 14.8 Å². The van der Waals surface area contributed by atoms with Crippen molar-refractivity contribution >= 4 is 11.1 Å². The predicted octanol–water partition coefficient (Wildman–Crippen LogP) is 2.18. The molecule has 108 valence electrons. The van der Waals surface area contributed by atoms with Crippen LogP contribution in [0.4, 0.5) is 0 Å². The Hall–Kier alpha value is -1.75. The first-order valence-corrected chi connectivity index (χ1v) is 7.29. The molecule has 2 heterocycles. The van der Waals surface area contributed by atoms with E-state index in [-0.39, 0.29) is 17.5 Å². The van der Waals surface area contributed by atoms with Crippen molar-refractivity contribution in [1.82, 2.24) is 9.88 Å². The van der Waals surface area contributed by atoms with Crippen molar-refractivity contribution in [2.45, 2.75) is 38.6 Å². The Bertz CT molecular complexity index is 666. The van der Waals surface area contributed by atoms with Crippen LogP contribution in [0.2, 0.25) is 0 Å². The van der Waals surface area contributed by atoms with E-state index in [4.69, 9.17) is 4.42 Å². The Labute approximate surface area is 117 Å². The van der Waals surface area contributed by atoms with Gasteiger partial charge in [-0.2, -0.15) is 0 Å². The molecule has 1 aromatic heterocycles. The summed E-state index contributed by atoms with van der Waals surface area (Å²) >= 11 is 0. The van der Waals surface area contributed by atoms with Gasteiger partial charge in [0.05, 0.1) is 5.52 Å². The third-order valence-corrected chi connectivity index (χ3v) is 4.03. The fourth-order valence-corrected chi connectivity index (χ4v) is 3.08. The summed E-state index contributed by atoms with van der Waals surface area (Å²) in [5.74, 6) is -0.0577. The Morgan fingerprint density at radius 1 is 1.40 bits per heavy atom. The van der Waals surface area contributed by atoms with Crippen molar-refractivity contribution < 1.29 is 9.52 Å². The van der Waals surface area contributed by atoms with Gasteiger partial charge in [-0.15, -0.1) is 0 Å². The van der Waals surface area contributed by atoms with E-state index in [1.165, 1.54) is 0 Å². The second-order valence-electron chi connectivity index (χ2n) is 5.38. The average Bonchev–Trinajstić information content (AvgIpc) is 2.79. The first kappa shape index (κ1) is 13.2. The Balaban J connectivity index is 2.21. The molecule has 0 amide bonds. The van der Waals surface area contributed by atoms with Gasteiger partial charge in [0, 0.05) is 11.6 Å². The highest BCUT2D eigenvalue weighted by atomic mass is 16.4. The number of benzene rings is 1. The number of nitrogens with zero attached hydrogens (tertiary/aromatic N) is 1. The molecular weight excluding hydrogens is 256 g/mol. The molecule has 2 aromatic rings. The molecule has 0 radical (unpaired) electrons. The summed E-state index contributed by atoms with van der Waals surface area (Å²) in [5, 5.41) is 13.4. The molecule has 1 saturated heterocycles. The van der Waals surface area contributed by atoms with E-state index < -0.39 is 0 Å². The van der Waals surface area contributed by atoms with Crippen molar-refractivity contribution in [2.24, 2.45) is 0 Å². The molecule has 0 unspecified atom stereocenters. The van der Waals surface area contributed by atoms with E-state index in [2.05, 4.69) is 12.2 Å². The van der Waals surface area contributed by atoms with Crippen LogP contribution in [0.3, 0.4) is 0 Å². The summed E-state index contributed by atoms with van der Waals surface area (Å²) in [6, 6.07) is 3.45. The zero-order valence-electron chi connectivity index (χ0n) is 11.7. The number of fused-ring (bicyclic) bond motifs is 1. The van der Waals surface area contributed by atoms with Gasteiger partial charge in [0.2, 0.25) is 0 Å². The van der Waals surface area contributed by atoms with Crippen molar-refractivity contribution in [2.75, 3.05) is 13.1 Å². The van der Waals surface area contributed by atoms with Crippen LogP contribution >= 0.6 is 0 Å². The Morgan fingerprint density at radius 2 is 2.15 bits per heavy atom. The molecule has 0 atom stereocenters. The molecule has 1 aromatic carbocycles. The third-order valence-electron chi connectivity index (χ3n) is 4.03. The predicted molar refractivity (Wildman–Crippen MR) is 77.3 cm³/mol. The summed E-state index contributed by atoms with van der Waals surface area (Å²) < 4.78 is 7.12. The highest BCUT2D eigenvalue weighted by molar-refractivity contribution is 5.80. The second kappa shape index (κ2) is 5.32. The first-order valence-electron chi connectivity index (χ1n) is 7.29. The molecule has 1 aliphatic rings. The maximum atomic E-state index is 12.2. The minimum absolute atomic E-state index is 0.155. The van der Waals surface area contributed by atoms with E-state index in [0.29, 0.717) is 5.58 Å². The summed E-state index contributed by atoms with van der Waals surface area (Å²) in [7, 11) is 0. The number of nitrogens with one attached hydrogen (secondary N) is 1. The summed E-state index contributed by atoms with van der Waals surface area (Å²) in [6.45, 7) is 3.88. The van der Waals surface area contributed by atoms with Crippen LogP contribution in [0, 0.1) is 0 Å². The lowest BCUT2D eigenvalue weighted by atomic mass is 10.0. The van der Waals surface area contributed by atoms with Crippen LogP contribution in [0.15, 0.2) is 21.3 Å². The molecule has 0 spiro atoms. The molecule has 20 heavy (non-hydrogen) atoms. The third kappa shape index (κ3) is 2.12. The van der Waals surface area contributed by atoms with E-state index in [1.807, 2.05) is 0 Å². The van der Waals surface area contributed by atoms with Crippen molar-refractivity contribution in [3.8, 4) is 5.75 Å². The van der Waals surface area contributed by atoms with Crippen molar-refractivity contribution in [1.29, 1.82) is 0 Å². The fourth-order valence-electron chi connectivity index (χ4n) is 3.08. The van der Waals surface area contributed by atoms with Crippen LogP contribution in [-0.2, 0) is 6.42 Å². The number of piperidine rings is 1. The Morgan fingerprint density at radius 3 is 2.85 bits per heavy atom. The highest BCUT2D eigenvalue weighted by Crippen LogP contribution is 2.31. The van der Waals surface area contributed by atoms with Gasteiger partial charge >= 0.3 is 5.76 Å². The lowest BCUT2D eigenvalue weighted by molar-refractivity contribution is 0.348. The molecule has 0 bridgehead atoms. The topological polar surface area (TPSA) is 67.4 Å². The zero-order chi connectivity index (χ0) is 14.1. The van der Waals surface area contributed by atoms with E-state index in [1.54, 1.807) is 16.7 Å². The van der Waals surface area contributed by atoms with Gasteiger partial charge in [-0.3, -0.25) is 4.57 Å². The van der Waals surface area contributed by atoms with Crippen LogP contribution in [0.25, 0.3) is 11.1 Å². The minimum atomic E-state index is -0.310. The quantitative estimate of drug-likeness (QED) is 0.901. The number of hydrogen-bond donors (Lipinski definition) is 2. The van der Waals surface area contributed by atoms with Crippen molar-refractivity contribution in [3.05, 3.63) is 28.2 Å². The average molecular weight is 276 g/mol. The van der Waals surface area contributed by atoms with Gasteiger partial charge in [0.25, 0.3) is 0 Å². The molecular formula is C15H20N2O3. The van der Waals surface area contributed by atoms with Crippen LogP contribution in [0.5, 0.6) is 5.75 Å². The van der Waals surface area contributed by atoms with Crippen molar-refractivity contribution in [3.63, 3.8) is 0 Å². The smallest absolute Gasteiger partial charge is 0.420 e. The number of aromatic nitrogens is 1. The molecule has 5 heteroatoms. The normalized spacial score (nSPS) is 16.9.